The molecule has 1 aliphatic rings. The highest BCUT2D eigenvalue weighted by Gasteiger charge is 2.20. The normalized spacial score (nSPS) is 14.8. The lowest BCUT2D eigenvalue weighted by atomic mass is 10.0. The largest absolute Gasteiger partial charge is 0.379 e. The number of benzene rings is 3. The van der Waals surface area contributed by atoms with Gasteiger partial charge in [-0.3, -0.25) is 14.4 Å². The van der Waals surface area contributed by atoms with Gasteiger partial charge in [0.25, 0.3) is 10.0 Å². The van der Waals surface area contributed by atoms with Gasteiger partial charge >= 0.3 is 0 Å². The van der Waals surface area contributed by atoms with Crippen molar-refractivity contribution in [3.63, 3.8) is 0 Å². The first-order chi connectivity index (χ1) is 15.4. The van der Waals surface area contributed by atoms with Crippen molar-refractivity contribution in [3.8, 4) is 0 Å². The van der Waals surface area contributed by atoms with Crippen LogP contribution in [0.5, 0.6) is 0 Å². The Labute approximate surface area is 192 Å². The summed E-state index contributed by atoms with van der Waals surface area (Å²) in [5, 5.41) is 0.347. The summed E-state index contributed by atoms with van der Waals surface area (Å²) < 4.78 is 33.9. The lowest BCUT2D eigenvalue weighted by Gasteiger charge is -2.26. The van der Waals surface area contributed by atoms with Gasteiger partial charge in [0.1, 0.15) is 0 Å². The number of morpholine rings is 1. The summed E-state index contributed by atoms with van der Waals surface area (Å²) in [6.07, 6.45) is 0. The Kier molecular flexibility index (Phi) is 6.91. The Morgan fingerprint density at radius 1 is 0.969 bits per heavy atom. The fourth-order valence-electron chi connectivity index (χ4n) is 3.53. The number of hydrogen-bond acceptors (Lipinski definition) is 5. The Bertz CT molecular complexity index is 1190. The SMILES string of the molecule is O=C(c1ccccc1)c1cc(Cl)ccc1NS(=O)(=O)c1ccc(CN2CCOCC2)cc1. The summed E-state index contributed by atoms with van der Waals surface area (Å²) in [7, 11) is -3.89. The van der Waals surface area contributed by atoms with E-state index in [1.165, 1.54) is 12.1 Å². The summed E-state index contributed by atoms with van der Waals surface area (Å²) in [5.41, 5.74) is 1.84. The lowest BCUT2D eigenvalue weighted by molar-refractivity contribution is 0.0342. The Morgan fingerprint density at radius 3 is 2.34 bits per heavy atom. The van der Waals surface area contributed by atoms with E-state index in [1.54, 1.807) is 48.5 Å². The van der Waals surface area contributed by atoms with Crippen molar-refractivity contribution >= 4 is 33.1 Å². The molecule has 1 N–H and O–H groups in total. The molecule has 32 heavy (non-hydrogen) atoms. The van der Waals surface area contributed by atoms with E-state index in [-0.39, 0.29) is 21.9 Å². The molecular weight excluding hydrogens is 448 g/mol. The number of ketones is 1. The minimum absolute atomic E-state index is 0.122. The maximum Gasteiger partial charge on any atom is 0.261 e. The number of sulfonamides is 1. The molecule has 3 aromatic carbocycles. The Morgan fingerprint density at radius 2 is 1.66 bits per heavy atom. The van der Waals surface area contributed by atoms with Crippen LogP contribution in [-0.2, 0) is 21.3 Å². The topological polar surface area (TPSA) is 75.7 Å². The van der Waals surface area contributed by atoms with Gasteiger partial charge in [-0.15, -0.1) is 0 Å². The Balaban J connectivity index is 1.55. The maximum atomic E-state index is 13.0. The molecule has 0 unspecified atom stereocenters. The Hall–Kier alpha value is -2.71. The fourth-order valence-corrected chi connectivity index (χ4v) is 4.79. The molecule has 1 aliphatic heterocycles. The van der Waals surface area contributed by atoms with Gasteiger partial charge < -0.3 is 4.74 Å². The van der Waals surface area contributed by atoms with E-state index in [0.717, 1.165) is 25.2 Å². The zero-order valence-corrected chi connectivity index (χ0v) is 18.9. The number of nitrogens with one attached hydrogen (secondary N) is 1. The van der Waals surface area contributed by atoms with Crippen LogP contribution in [0.3, 0.4) is 0 Å². The number of ether oxygens (including phenoxy) is 1. The molecular formula is C24H23ClN2O4S. The third-order valence-electron chi connectivity index (χ3n) is 5.25. The van der Waals surface area contributed by atoms with Crippen LogP contribution in [-0.4, -0.2) is 45.4 Å². The highest BCUT2D eigenvalue weighted by atomic mass is 35.5. The van der Waals surface area contributed by atoms with Gasteiger partial charge in [-0.2, -0.15) is 0 Å². The highest BCUT2D eigenvalue weighted by molar-refractivity contribution is 7.92. The van der Waals surface area contributed by atoms with Gasteiger partial charge in [0.05, 0.1) is 23.8 Å². The molecule has 1 fully saturated rings. The fraction of sp³-hybridized carbons (Fsp3) is 0.208. The molecule has 6 nitrogen and oxygen atoms in total. The second-order valence-electron chi connectivity index (χ2n) is 7.52. The average Bonchev–Trinajstić information content (AvgIpc) is 2.81. The van der Waals surface area contributed by atoms with Crippen LogP contribution in [0, 0.1) is 0 Å². The predicted molar refractivity (Wildman–Crippen MR) is 125 cm³/mol. The second kappa shape index (κ2) is 9.83. The van der Waals surface area contributed by atoms with Crippen molar-refractivity contribution in [3.05, 3.63) is 94.5 Å². The van der Waals surface area contributed by atoms with E-state index >= 15 is 0 Å². The molecule has 3 aromatic rings. The standard InChI is InChI=1S/C24H23ClN2O4S/c25-20-8-11-23(22(16-20)24(28)19-4-2-1-3-5-19)26-32(29,30)21-9-6-18(7-10-21)17-27-12-14-31-15-13-27/h1-11,16,26H,12-15,17H2. The number of carbonyl (C=O) groups is 1. The first-order valence-electron chi connectivity index (χ1n) is 10.2. The van der Waals surface area contributed by atoms with Gasteiger partial charge in [-0.1, -0.05) is 54.1 Å². The maximum absolute atomic E-state index is 13.0. The summed E-state index contributed by atoms with van der Waals surface area (Å²) >= 11 is 6.09. The average molecular weight is 471 g/mol. The number of halogens is 1. The van der Waals surface area contributed by atoms with E-state index in [2.05, 4.69) is 9.62 Å². The zero-order valence-electron chi connectivity index (χ0n) is 17.3. The van der Waals surface area contributed by atoms with Crippen LogP contribution >= 0.6 is 11.6 Å². The van der Waals surface area contributed by atoms with Crippen LogP contribution in [0.25, 0.3) is 0 Å². The molecule has 0 radical (unpaired) electrons. The molecule has 0 atom stereocenters. The van der Waals surface area contributed by atoms with E-state index in [9.17, 15) is 13.2 Å². The van der Waals surface area contributed by atoms with Crippen molar-refractivity contribution in [2.75, 3.05) is 31.0 Å². The van der Waals surface area contributed by atoms with Gasteiger partial charge in [-0.05, 0) is 35.9 Å². The minimum Gasteiger partial charge on any atom is -0.379 e. The molecule has 166 valence electrons. The van der Waals surface area contributed by atoms with E-state index in [4.69, 9.17) is 16.3 Å². The summed E-state index contributed by atoms with van der Waals surface area (Å²) in [6, 6.07) is 19.9. The summed E-state index contributed by atoms with van der Waals surface area (Å²) in [5.74, 6) is -0.313. The number of anilines is 1. The molecule has 0 saturated carbocycles. The van der Waals surface area contributed by atoms with E-state index in [0.29, 0.717) is 23.8 Å². The van der Waals surface area contributed by atoms with Gasteiger partial charge in [-0.25, -0.2) is 8.42 Å². The van der Waals surface area contributed by atoms with Crippen LogP contribution in [0.4, 0.5) is 5.69 Å². The molecule has 0 aliphatic carbocycles. The van der Waals surface area contributed by atoms with Crippen molar-refractivity contribution in [1.82, 2.24) is 4.90 Å². The predicted octanol–water partition coefficient (Wildman–Crippen LogP) is 4.20. The molecule has 1 heterocycles. The third-order valence-corrected chi connectivity index (χ3v) is 6.87. The third kappa shape index (κ3) is 5.37. The van der Waals surface area contributed by atoms with Crippen molar-refractivity contribution in [2.24, 2.45) is 0 Å². The van der Waals surface area contributed by atoms with Crippen molar-refractivity contribution in [2.45, 2.75) is 11.4 Å². The highest BCUT2D eigenvalue weighted by Crippen LogP contribution is 2.26. The van der Waals surface area contributed by atoms with Crippen molar-refractivity contribution in [1.29, 1.82) is 0 Å². The summed E-state index contributed by atoms with van der Waals surface area (Å²) in [4.78, 5) is 15.4. The first kappa shape index (κ1) is 22.5. The zero-order chi connectivity index (χ0) is 22.6. The molecule has 4 rings (SSSR count). The van der Waals surface area contributed by atoms with Gasteiger partial charge in [0.2, 0.25) is 0 Å². The van der Waals surface area contributed by atoms with Crippen LogP contribution < -0.4 is 4.72 Å². The smallest absolute Gasteiger partial charge is 0.261 e. The molecule has 0 spiro atoms. The van der Waals surface area contributed by atoms with Crippen LogP contribution in [0.15, 0.2) is 77.7 Å². The number of hydrogen-bond donors (Lipinski definition) is 1. The van der Waals surface area contributed by atoms with E-state index in [1.807, 2.05) is 12.1 Å². The van der Waals surface area contributed by atoms with Crippen LogP contribution in [0.1, 0.15) is 21.5 Å². The number of carbonyl (C=O) groups excluding carboxylic acids is 1. The number of rotatable bonds is 7. The molecule has 1 saturated heterocycles. The van der Waals surface area contributed by atoms with Crippen LogP contribution in [0.2, 0.25) is 5.02 Å². The molecule has 0 bridgehead atoms. The second-order valence-corrected chi connectivity index (χ2v) is 9.64. The first-order valence-corrected chi connectivity index (χ1v) is 12.1. The summed E-state index contributed by atoms with van der Waals surface area (Å²) in [6.45, 7) is 3.87. The minimum atomic E-state index is -3.89. The monoisotopic (exact) mass is 470 g/mol. The molecule has 0 amide bonds. The quantitative estimate of drug-likeness (QED) is 0.524. The van der Waals surface area contributed by atoms with Gasteiger partial charge in [0, 0.05) is 35.8 Å². The molecule has 0 aromatic heterocycles. The molecule has 8 heteroatoms. The van der Waals surface area contributed by atoms with E-state index < -0.39 is 10.0 Å². The van der Waals surface area contributed by atoms with Gasteiger partial charge in [0.15, 0.2) is 5.78 Å². The van der Waals surface area contributed by atoms with Crippen molar-refractivity contribution < 1.29 is 17.9 Å². The lowest BCUT2D eigenvalue weighted by Crippen LogP contribution is -2.35. The number of nitrogens with zero attached hydrogens (tertiary/aromatic N) is 1.